The van der Waals surface area contributed by atoms with Crippen LogP contribution in [0.5, 0.6) is 0 Å². The smallest absolute Gasteiger partial charge is 0.338 e. The normalized spacial score (nSPS) is 10.2. The topological polar surface area (TPSA) is 39.2 Å². The van der Waals surface area contributed by atoms with Crippen molar-refractivity contribution >= 4 is 17.3 Å². The number of hydrogen-bond acceptors (Lipinski definition) is 4. The van der Waals surface area contributed by atoms with Crippen LogP contribution in [-0.4, -0.2) is 17.6 Å². The number of carbonyl (C=O) groups excluding carboxylic acids is 1. The highest BCUT2D eigenvalue weighted by Gasteiger charge is 2.11. The number of nitrogens with zero attached hydrogens (tertiary/aromatic N) is 1. The van der Waals surface area contributed by atoms with Gasteiger partial charge in [0.05, 0.1) is 23.4 Å². The third kappa shape index (κ3) is 5.47. The fourth-order valence-electron chi connectivity index (χ4n) is 2.34. The molecule has 0 aliphatic heterocycles. The average Bonchev–Trinajstić information content (AvgIpc) is 2.94. The molecule has 0 unspecified atom stereocenters. The van der Waals surface area contributed by atoms with Gasteiger partial charge in [-0.2, -0.15) is 0 Å². The summed E-state index contributed by atoms with van der Waals surface area (Å²) in [6.45, 7) is 12.7. The van der Waals surface area contributed by atoms with E-state index in [4.69, 9.17) is 4.74 Å². The first-order valence-corrected chi connectivity index (χ1v) is 9.03. The van der Waals surface area contributed by atoms with Gasteiger partial charge in [0.25, 0.3) is 0 Å². The van der Waals surface area contributed by atoms with E-state index < -0.39 is 0 Å². The van der Waals surface area contributed by atoms with Crippen LogP contribution >= 0.6 is 11.3 Å². The maximum atomic E-state index is 12.1. The minimum Gasteiger partial charge on any atom is -0.462 e. The third-order valence-corrected chi connectivity index (χ3v) is 4.53. The van der Waals surface area contributed by atoms with Crippen LogP contribution in [0.25, 0.3) is 0 Å². The van der Waals surface area contributed by atoms with Crippen molar-refractivity contribution in [2.45, 2.75) is 53.9 Å². The lowest BCUT2D eigenvalue weighted by Crippen LogP contribution is -2.09. The van der Waals surface area contributed by atoms with Gasteiger partial charge in [0.2, 0.25) is 0 Å². The molecule has 126 valence electrons. The standard InChI is InChI=1S/C17H21NO2S.C2H6/c1-11(2)15-6-5-14(9-12(15)3)17(19)20-8-7-16-13(4)18-10-21-16;1-2/h5-6,9-11H,7-8H2,1-4H3;1-2H3. The number of aryl methyl sites for hydroxylation is 2. The molecule has 2 rings (SSSR count). The predicted molar refractivity (Wildman–Crippen MR) is 97.5 cm³/mol. The first kappa shape index (κ1) is 19.4. The molecule has 0 saturated heterocycles. The summed E-state index contributed by atoms with van der Waals surface area (Å²) in [5.41, 5.74) is 5.87. The monoisotopic (exact) mass is 333 g/mol. The fraction of sp³-hybridized carbons (Fsp3) is 0.474. The summed E-state index contributed by atoms with van der Waals surface area (Å²) in [6.07, 6.45) is 0.727. The Morgan fingerprint density at radius 1 is 1.26 bits per heavy atom. The molecule has 23 heavy (non-hydrogen) atoms. The zero-order valence-corrected chi connectivity index (χ0v) is 15.8. The highest BCUT2D eigenvalue weighted by molar-refractivity contribution is 7.09. The predicted octanol–water partition coefficient (Wildman–Crippen LogP) is 5.31. The van der Waals surface area contributed by atoms with Gasteiger partial charge in [-0.15, -0.1) is 11.3 Å². The van der Waals surface area contributed by atoms with Crippen LogP contribution in [0.1, 0.15) is 65.7 Å². The Morgan fingerprint density at radius 3 is 2.48 bits per heavy atom. The van der Waals surface area contributed by atoms with Gasteiger partial charge in [-0.05, 0) is 43.0 Å². The lowest BCUT2D eigenvalue weighted by molar-refractivity contribution is 0.0509. The zero-order valence-electron chi connectivity index (χ0n) is 15.0. The van der Waals surface area contributed by atoms with Crippen LogP contribution in [0.4, 0.5) is 0 Å². The van der Waals surface area contributed by atoms with Crippen molar-refractivity contribution in [3.8, 4) is 0 Å². The lowest BCUT2D eigenvalue weighted by atomic mass is 9.96. The molecule has 0 amide bonds. The minimum absolute atomic E-state index is 0.254. The molecule has 0 saturated carbocycles. The van der Waals surface area contributed by atoms with E-state index in [0.29, 0.717) is 18.1 Å². The van der Waals surface area contributed by atoms with Crippen molar-refractivity contribution < 1.29 is 9.53 Å². The molecule has 1 aromatic carbocycles. The SMILES string of the molecule is CC.Cc1cc(C(=O)OCCc2scnc2C)ccc1C(C)C. The second kappa shape index (κ2) is 9.46. The van der Waals surface area contributed by atoms with Crippen molar-refractivity contribution in [2.24, 2.45) is 0 Å². The van der Waals surface area contributed by atoms with Gasteiger partial charge in [-0.25, -0.2) is 9.78 Å². The number of aromatic nitrogens is 1. The summed E-state index contributed by atoms with van der Waals surface area (Å²) in [5, 5.41) is 0. The van der Waals surface area contributed by atoms with Crippen molar-refractivity contribution in [1.82, 2.24) is 4.98 Å². The van der Waals surface area contributed by atoms with E-state index in [0.717, 1.165) is 17.7 Å². The second-order valence-corrected chi connectivity index (χ2v) is 6.41. The number of hydrogen-bond donors (Lipinski definition) is 0. The Kier molecular flexibility index (Phi) is 7.96. The highest BCUT2D eigenvalue weighted by Crippen LogP contribution is 2.20. The Hall–Kier alpha value is -1.68. The van der Waals surface area contributed by atoms with E-state index >= 15 is 0 Å². The molecule has 0 aliphatic carbocycles. The summed E-state index contributed by atoms with van der Waals surface area (Å²) >= 11 is 1.60. The van der Waals surface area contributed by atoms with Crippen molar-refractivity contribution in [3.63, 3.8) is 0 Å². The Morgan fingerprint density at radius 2 is 1.96 bits per heavy atom. The molecular weight excluding hydrogens is 306 g/mol. The first-order chi connectivity index (χ1) is 11.0. The maximum Gasteiger partial charge on any atom is 0.338 e. The van der Waals surface area contributed by atoms with E-state index in [9.17, 15) is 4.79 Å². The molecule has 0 bridgehead atoms. The quantitative estimate of drug-likeness (QED) is 0.696. The molecule has 0 radical (unpaired) electrons. The molecule has 0 N–H and O–H groups in total. The Balaban J connectivity index is 0.00000127. The maximum absolute atomic E-state index is 12.1. The van der Waals surface area contributed by atoms with Crippen LogP contribution in [0.2, 0.25) is 0 Å². The van der Waals surface area contributed by atoms with Crippen LogP contribution in [0.3, 0.4) is 0 Å². The van der Waals surface area contributed by atoms with Gasteiger partial charge in [0.15, 0.2) is 0 Å². The Labute approximate surface area is 143 Å². The van der Waals surface area contributed by atoms with E-state index in [1.807, 2.05) is 51.4 Å². The Bertz CT molecular complexity index is 632. The number of carbonyl (C=O) groups is 1. The first-order valence-electron chi connectivity index (χ1n) is 8.15. The summed E-state index contributed by atoms with van der Waals surface area (Å²) in [5.74, 6) is 0.208. The lowest BCUT2D eigenvalue weighted by Gasteiger charge is -2.11. The molecular formula is C19H27NO2S. The number of ether oxygens (including phenoxy) is 1. The molecule has 2 aromatic rings. The van der Waals surface area contributed by atoms with Crippen LogP contribution in [-0.2, 0) is 11.2 Å². The number of thiazole rings is 1. The van der Waals surface area contributed by atoms with Crippen LogP contribution in [0, 0.1) is 13.8 Å². The van der Waals surface area contributed by atoms with Crippen molar-refractivity contribution in [1.29, 1.82) is 0 Å². The molecule has 0 spiro atoms. The summed E-state index contributed by atoms with van der Waals surface area (Å²) in [6, 6.07) is 5.78. The highest BCUT2D eigenvalue weighted by atomic mass is 32.1. The minimum atomic E-state index is -0.254. The number of rotatable bonds is 5. The van der Waals surface area contributed by atoms with Gasteiger partial charge in [0.1, 0.15) is 0 Å². The molecule has 1 aromatic heterocycles. The van der Waals surface area contributed by atoms with Crippen molar-refractivity contribution in [2.75, 3.05) is 6.61 Å². The molecule has 3 nitrogen and oxygen atoms in total. The summed E-state index contributed by atoms with van der Waals surface area (Å²) in [4.78, 5) is 17.4. The molecule has 1 heterocycles. The molecule has 0 fully saturated rings. The largest absolute Gasteiger partial charge is 0.462 e. The van der Waals surface area contributed by atoms with Gasteiger partial charge >= 0.3 is 5.97 Å². The summed E-state index contributed by atoms with van der Waals surface area (Å²) in [7, 11) is 0. The van der Waals surface area contributed by atoms with Crippen LogP contribution in [0.15, 0.2) is 23.7 Å². The molecule has 0 atom stereocenters. The van der Waals surface area contributed by atoms with Gasteiger partial charge in [-0.3, -0.25) is 0 Å². The second-order valence-electron chi connectivity index (χ2n) is 5.47. The van der Waals surface area contributed by atoms with Gasteiger partial charge in [-0.1, -0.05) is 33.8 Å². The molecule has 4 heteroatoms. The molecule has 0 aliphatic rings. The summed E-state index contributed by atoms with van der Waals surface area (Å²) < 4.78 is 5.35. The van der Waals surface area contributed by atoms with Gasteiger partial charge in [0, 0.05) is 11.3 Å². The van der Waals surface area contributed by atoms with E-state index in [1.54, 1.807) is 11.3 Å². The fourth-order valence-corrected chi connectivity index (χ4v) is 3.10. The van der Waals surface area contributed by atoms with Crippen molar-refractivity contribution in [3.05, 3.63) is 51.0 Å². The van der Waals surface area contributed by atoms with E-state index in [1.165, 1.54) is 10.4 Å². The number of benzene rings is 1. The average molecular weight is 333 g/mol. The third-order valence-electron chi connectivity index (χ3n) is 3.53. The number of esters is 1. The van der Waals surface area contributed by atoms with Crippen LogP contribution < -0.4 is 0 Å². The van der Waals surface area contributed by atoms with E-state index in [-0.39, 0.29) is 5.97 Å². The van der Waals surface area contributed by atoms with E-state index in [2.05, 4.69) is 18.8 Å². The zero-order chi connectivity index (χ0) is 17.4. The van der Waals surface area contributed by atoms with Gasteiger partial charge < -0.3 is 4.74 Å².